The fourth-order valence-electron chi connectivity index (χ4n) is 3.73. The number of oxime groups is 1. The number of carboxylic acids is 2. The van der Waals surface area contributed by atoms with Crippen molar-refractivity contribution in [3.63, 3.8) is 0 Å². The van der Waals surface area contributed by atoms with Crippen molar-refractivity contribution in [1.29, 1.82) is 0 Å². The van der Waals surface area contributed by atoms with Gasteiger partial charge in [0.1, 0.15) is 29.4 Å². The molecule has 2 aromatic heterocycles. The van der Waals surface area contributed by atoms with Gasteiger partial charge in [0.2, 0.25) is 6.54 Å². The first-order valence-electron chi connectivity index (χ1n) is 11.3. The molecule has 204 valence electrons. The smallest absolute Gasteiger partial charge is 0.370 e. The minimum absolute atomic E-state index is 0.0455. The van der Waals surface area contributed by atoms with Gasteiger partial charge in [0.05, 0.1) is 0 Å². The van der Waals surface area contributed by atoms with E-state index in [0.717, 1.165) is 16.2 Å². The molecule has 2 amide bonds. The third-order valence-corrected chi connectivity index (χ3v) is 8.57. The van der Waals surface area contributed by atoms with Crippen LogP contribution in [-0.4, -0.2) is 79.1 Å². The van der Waals surface area contributed by atoms with Gasteiger partial charge in [0.25, 0.3) is 11.8 Å². The average molecular weight is 592 g/mol. The molecule has 0 aliphatic carbocycles. The van der Waals surface area contributed by atoms with Gasteiger partial charge in [-0.1, -0.05) is 17.8 Å². The van der Waals surface area contributed by atoms with Gasteiger partial charge in [0.15, 0.2) is 23.2 Å². The molecule has 4 rings (SSSR count). The quantitative estimate of drug-likeness (QED) is 0.0513. The van der Waals surface area contributed by atoms with Crippen LogP contribution in [0, 0.1) is 0 Å². The first kappa shape index (κ1) is 28.1. The Bertz CT molecular complexity index is 1370. The van der Waals surface area contributed by atoms with Crippen LogP contribution in [0.2, 0.25) is 0 Å². The summed E-state index contributed by atoms with van der Waals surface area (Å²) in [5.74, 6) is -2.81. The maximum absolute atomic E-state index is 13.0. The monoisotopic (exact) mass is 591 g/mol. The lowest BCUT2D eigenvalue weighted by atomic mass is 10.0. The van der Waals surface area contributed by atoms with Crippen LogP contribution in [0.15, 0.2) is 63.9 Å². The van der Waals surface area contributed by atoms with Crippen LogP contribution in [0.5, 0.6) is 0 Å². The number of nitrogens with one attached hydrogen (secondary N) is 1. The number of hydrogen-bond donors (Lipinski definition) is 4. The number of aromatic nitrogens is 2. The van der Waals surface area contributed by atoms with Gasteiger partial charge in [-0.15, -0.1) is 34.9 Å². The first-order valence-corrected chi connectivity index (χ1v) is 14.2. The summed E-state index contributed by atoms with van der Waals surface area (Å²) in [6.07, 6.45) is 4.70. The highest BCUT2D eigenvalue weighted by molar-refractivity contribution is 8.01. The van der Waals surface area contributed by atoms with E-state index in [9.17, 15) is 24.3 Å². The number of nitrogens with zero attached hydrogens (tertiary/aromatic N) is 4. The van der Waals surface area contributed by atoms with E-state index in [0.29, 0.717) is 17.1 Å². The Morgan fingerprint density at radius 1 is 1.36 bits per heavy atom. The van der Waals surface area contributed by atoms with Crippen LogP contribution in [0.3, 0.4) is 0 Å². The molecular formula is C23H23N6O7S3+. The van der Waals surface area contributed by atoms with Gasteiger partial charge in [-0.2, -0.15) is 4.57 Å². The fourth-order valence-corrected chi connectivity index (χ4v) is 6.65. The molecule has 2 aliphatic rings. The lowest BCUT2D eigenvalue weighted by Crippen LogP contribution is -2.71. The number of pyridine rings is 1. The Hall–Kier alpha value is -3.89. The predicted molar refractivity (Wildman–Crippen MR) is 144 cm³/mol. The molecule has 1 saturated heterocycles. The number of thiazole rings is 1. The van der Waals surface area contributed by atoms with Crippen molar-refractivity contribution in [1.82, 2.24) is 15.2 Å². The number of anilines is 1. The van der Waals surface area contributed by atoms with E-state index in [1.165, 1.54) is 44.4 Å². The minimum Gasteiger partial charge on any atom is -0.477 e. The third-order valence-electron chi connectivity index (χ3n) is 5.46. The van der Waals surface area contributed by atoms with Gasteiger partial charge >= 0.3 is 11.9 Å². The molecule has 0 spiro atoms. The number of amides is 2. The lowest BCUT2D eigenvalue weighted by Gasteiger charge is -2.49. The van der Waals surface area contributed by atoms with Crippen LogP contribution in [0.4, 0.5) is 5.13 Å². The van der Waals surface area contributed by atoms with Gasteiger partial charge in [0, 0.05) is 33.9 Å². The number of carbonyl (C=O) groups excluding carboxylic acids is 2. The highest BCUT2D eigenvalue weighted by Gasteiger charge is 2.54. The summed E-state index contributed by atoms with van der Waals surface area (Å²) >= 11 is 3.82. The molecule has 2 aliphatic heterocycles. The predicted octanol–water partition coefficient (Wildman–Crippen LogP) is 0.535. The number of rotatable bonds is 12. The van der Waals surface area contributed by atoms with Crippen molar-refractivity contribution in [3.8, 4) is 0 Å². The number of thioether (sulfide) groups is 2. The summed E-state index contributed by atoms with van der Waals surface area (Å²) in [6, 6.07) is 2.51. The number of β-lactam (4-membered cyclic amide) rings is 1. The first-order chi connectivity index (χ1) is 18.7. The average Bonchev–Trinajstić information content (AvgIpc) is 3.33. The van der Waals surface area contributed by atoms with Crippen molar-refractivity contribution < 1.29 is 38.8 Å². The largest absolute Gasteiger partial charge is 0.477 e. The molecule has 2 atom stereocenters. The van der Waals surface area contributed by atoms with Crippen LogP contribution < -0.4 is 15.6 Å². The molecule has 16 heteroatoms. The van der Waals surface area contributed by atoms with Crippen molar-refractivity contribution in [2.24, 2.45) is 5.16 Å². The number of carboxylic acid groups (broad SMARTS) is 2. The maximum Gasteiger partial charge on any atom is 0.370 e. The number of fused-ring (bicyclic) bond motifs is 1. The number of carbonyl (C=O) groups is 4. The summed E-state index contributed by atoms with van der Waals surface area (Å²) < 4.78 is 1.51. The summed E-state index contributed by atoms with van der Waals surface area (Å²) in [6.45, 7) is 3.40. The molecule has 0 radical (unpaired) electrons. The van der Waals surface area contributed by atoms with Crippen LogP contribution in [0.25, 0.3) is 0 Å². The number of aliphatic carboxylic acids is 2. The van der Waals surface area contributed by atoms with Gasteiger partial charge in [-0.05, 0) is 5.57 Å². The normalized spacial score (nSPS) is 18.7. The standard InChI is InChI=1S/C23H22N6O7S3/c1-2-7-36-27-16(14-11-39-23(24)25-14)19(32)26-17-20(33)29-18(22(34)35)12(10-38-21(17)29)9-37-13-3-5-28(6-4-13)8-15(30)31/h2-6,11,17,21H,1,7-10H2,(H4-,24,25,26,30,31,32,34,35)/p+1/b27-16-/t17-,21-/m1/s1. The molecule has 0 saturated carbocycles. The molecule has 0 bridgehead atoms. The zero-order valence-corrected chi connectivity index (χ0v) is 22.6. The second-order valence-electron chi connectivity index (χ2n) is 8.10. The van der Waals surface area contributed by atoms with E-state index in [-0.39, 0.29) is 35.4 Å². The fraction of sp³-hybridized carbons (Fsp3) is 0.261. The Balaban J connectivity index is 1.45. The number of nitrogens with two attached hydrogens (primary N) is 1. The molecule has 0 aromatic carbocycles. The Kier molecular flexibility index (Phi) is 8.88. The SMILES string of the molecule is C=CCO/N=C(\C(=O)N[C@@H]1C(=O)N2C(C(=O)O)=C(CSc3cc[n+](CC(=O)O)cc3)CS[C@H]12)c1csc(N)n1. The lowest BCUT2D eigenvalue weighted by molar-refractivity contribution is -0.686. The van der Waals surface area contributed by atoms with Crippen molar-refractivity contribution in [2.45, 2.75) is 22.9 Å². The summed E-state index contributed by atoms with van der Waals surface area (Å²) in [5.41, 5.74) is 6.14. The Morgan fingerprint density at radius 3 is 2.72 bits per heavy atom. The highest BCUT2D eigenvalue weighted by atomic mass is 32.2. The second-order valence-corrected chi connectivity index (χ2v) is 11.1. The zero-order valence-electron chi connectivity index (χ0n) is 20.2. The van der Waals surface area contributed by atoms with Gasteiger partial charge < -0.3 is 26.1 Å². The summed E-state index contributed by atoms with van der Waals surface area (Å²) in [5, 5.41) is 26.4. The summed E-state index contributed by atoms with van der Waals surface area (Å²) in [4.78, 5) is 60.2. The van der Waals surface area contributed by atoms with E-state index in [1.54, 1.807) is 24.5 Å². The van der Waals surface area contributed by atoms with Crippen molar-refractivity contribution in [3.05, 3.63) is 59.5 Å². The molecule has 5 N–H and O–H groups in total. The van der Waals surface area contributed by atoms with E-state index < -0.39 is 35.2 Å². The van der Waals surface area contributed by atoms with Gasteiger partial charge in [-0.3, -0.25) is 14.5 Å². The number of hydrogen-bond acceptors (Lipinski definition) is 11. The van der Waals surface area contributed by atoms with E-state index in [2.05, 4.69) is 22.0 Å². The van der Waals surface area contributed by atoms with E-state index in [1.807, 2.05) is 0 Å². The zero-order chi connectivity index (χ0) is 28.1. The van der Waals surface area contributed by atoms with Crippen LogP contribution in [-0.2, 0) is 30.6 Å². The molecular weight excluding hydrogens is 568 g/mol. The van der Waals surface area contributed by atoms with Gasteiger partial charge in [-0.25, -0.2) is 14.6 Å². The number of nitrogen functional groups attached to an aromatic ring is 1. The molecule has 2 aromatic rings. The highest BCUT2D eigenvalue weighted by Crippen LogP contribution is 2.41. The molecule has 0 unspecified atom stereocenters. The molecule has 1 fully saturated rings. The molecule has 4 heterocycles. The third kappa shape index (κ3) is 6.40. The molecule has 39 heavy (non-hydrogen) atoms. The van der Waals surface area contributed by atoms with Crippen molar-refractivity contribution in [2.75, 3.05) is 23.8 Å². The Labute approximate surface area is 234 Å². The maximum atomic E-state index is 13.0. The van der Waals surface area contributed by atoms with Crippen LogP contribution >= 0.6 is 34.9 Å². The molecule has 13 nitrogen and oxygen atoms in total. The topological polar surface area (TPSA) is 188 Å². The second kappa shape index (κ2) is 12.3. The van der Waals surface area contributed by atoms with E-state index in [4.69, 9.17) is 15.7 Å². The minimum atomic E-state index is -1.24. The van der Waals surface area contributed by atoms with E-state index >= 15 is 0 Å². The van der Waals surface area contributed by atoms with Crippen LogP contribution in [0.1, 0.15) is 5.69 Å². The Morgan fingerprint density at radius 2 is 2.10 bits per heavy atom. The van der Waals surface area contributed by atoms with Crippen molar-refractivity contribution >= 4 is 69.5 Å². The summed E-state index contributed by atoms with van der Waals surface area (Å²) in [7, 11) is 0.